The predicted molar refractivity (Wildman–Crippen MR) is 78.1 cm³/mol. The first-order valence-corrected chi connectivity index (χ1v) is 6.05. The Morgan fingerprint density at radius 2 is 1.47 bits per heavy atom. The number of benzene rings is 2. The molecule has 0 saturated heterocycles. The van der Waals surface area contributed by atoms with Crippen molar-refractivity contribution in [3.05, 3.63) is 66.2 Å². The van der Waals surface area contributed by atoms with Crippen LogP contribution >= 0.6 is 0 Å². The van der Waals surface area contributed by atoms with Crippen molar-refractivity contribution in [1.29, 1.82) is 0 Å². The molecule has 2 aromatic carbocycles. The largest absolute Gasteiger partial charge is 0.463 e. The smallest absolute Gasteiger partial charge is 0.293 e. The topological polar surface area (TPSA) is 29.5 Å². The van der Waals surface area contributed by atoms with Gasteiger partial charge in [-0.25, -0.2) is 0 Å². The maximum atomic E-state index is 9.76. The Bertz CT molecular complexity index is 455. The van der Waals surface area contributed by atoms with Crippen molar-refractivity contribution in [2.24, 2.45) is 0 Å². The van der Waals surface area contributed by atoms with Gasteiger partial charge < -0.3 is 9.64 Å². The molecule has 0 N–H and O–H groups in total. The standard InChI is InChI=1S/C8H11N.C8H8O2/c1-9(2)8-6-4-3-5-7-8;9-7-10-6-8-4-2-1-3-5-8/h3-7H,1-2H3;1-5,7H,6H2. The molecule has 0 amide bonds. The lowest BCUT2D eigenvalue weighted by atomic mass is 10.2. The Morgan fingerprint density at radius 1 is 0.947 bits per heavy atom. The van der Waals surface area contributed by atoms with Gasteiger partial charge in [-0.3, -0.25) is 4.79 Å². The summed E-state index contributed by atoms with van der Waals surface area (Å²) in [6.07, 6.45) is 0. The van der Waals surface area contributed by atoms with E-state index >= 15 is 0 Å². The number of anilines is 1. The molecule has 0 atom stereocenters. The predicted octanol–water partition coefficient (Wildman–Crippen LogP) is 3.11. The van der Waals surface area contributed by atoms with E-state index in [0.717, 1.165) is 5.56 Å². The highest BCUT2D eigenvalue weighted by atomic mass is 16.5. The Morgan fingerprint density at radius 3 is 1.89 bits per heavy atom. The van der Waals surface area contributed by atoms with Crippen molar-refractivity contribution < 1.29 is 9.53 Å². The quantitative estimate of drug-likeness (QED) is 0.788. The monoisotopic (exact) mass is 257 g/mol. The van der Waals surface area contributed by atoms with Crippen molar-refractivity contribution >= 4 is 12.2 Å². The molecule has 2 rings (SSSR count). The third-order valence-electron chi connectivity index (χ3n) is 2.43. The number of carbonyl (C=O) groups is 1. The van der Waals surface area contributed by atoms with E-state index < -0.39 is 0 Å². The summed E-state index contributed by atoms with van der Waals surface area (Å²) in [6, 6.07) is 19.8. The van der Waals surface area contributed by atoms with Gasteiger partial charge in [-0.05, 0) is 17.7 Å². The minimum absolute atomic E-state index is 0.365. The van der Waals surface area contributed by atoms with Crippen LogP contribution in [0.4, 0.5) is 5.69 Å². The highest BCUT2D eigenvalue weighted by molar-refractivity contribution is 5.43. The maximum absolute atomic E-state index is 9.76. The Kier molecular flexibility index (Phi) is 6.80. The fourth-order valence-corrected chi connectivity index (χ4v) is 1.43. The molecule has 0 aromatic heterocycles. The van der Waals surface area contributed by atoms with Crippen LogP contribution in [-0.2, 0) is 16.1 Å². The zero-order chi connectivity index (χ0) is 13.9. The Balaban J connectivity index is 0.000000191. The van der Waals surface area contributed by atoms with Crippen LogP contribution in [0.3, 0.4) is 0 Å². The summed E-state index contributed by atoms with van der Waals surface area (Å²) in [5.41, 5.74) is 2.26. The van der Waals surface area contributed by atoms with Crippen LogP contribution in [0, 0.1) is 0 Å². The number of hydrogen-bond acceptors (Lipinski definition) is 3. The fraction of sp³-hybridized carbons (Fsp3) is 0.188. The van der Waals surface area contributed by atoms with Crippen LogP contribution in [0.2, 0.25) is 0 Å². The molecule has 0 fully saturated rings. The van der Waals surface area contributed by atoms with Crippen molar-refractivity contribution in [2.45, 2.75) is 6.61 Å². The number of nitrogens with zero attached hydrogens (tertiary/aromatic N) is 1. The van der Waals surface area contributed by atoms with E-state index in [1.807, 2.05) is 62.6 Å². The molecule has 0 radical (unpaired) electrons. The van der Waals surface area contributed by atoms with Gasteiger partial charge in [0.1, 0.15) is 6.61 Å². The second kappa shape index (κ2) is 8.75. The van der Waals surface area contributed by atoms with Crippen molar-refractivity contribution in [3.63, 3.8) is 0 Å². The average Bonchev–Trinajstić information content (AvgIpc) is 2.48. The summed E-state index contributed by atoms with van der Waals surface area (Å²) in [5.74, 6) is 0. The van der Waals surface area contributed by atoms with E-state index in [9.17, 15) is 4.79 Å². The normalized spacial score (nSPS) is 8.95. The molecule has 0 aliphatic rings. The minimum Gasteiger partial charge on any atom is -0.463 e. The molecule has 0 spiro atoms. The van der Waals surface area contributed by atoms with Gasteiger partial charge >= 0.3 is 0 Å². The van der Waals surface area contributed by atoms with Crippen LogP contribution in [-0.4, -0.2) is 20.6 Å². The van der Waals surface area contributed by atoms with E-state index in [-0.39, 0.29) is 0 Å². The van der Waals surface area contributed by atoms with Crippen molar-refractivity contribution in [1.82, 2.24) is 0 Å². The van der Waals surface area contributed by atoms with E-state index in [2.05, 4.69) is 21.8 Å². The van der Waals surface area contributed by atoms with Gasteiger partial charge in [0, 0.05) is 19.8 Å². The van der Waals surface area contributed by atoms with Gasteiger partial charge in [-0.2, -0.15) is 0 Å². The zero-order valence-electron chi connectivity index (χ0n) is 11.3. The number of hydrogen-bond donors (Lipinski definition) is 0. The fourth-order valence-electron chi connectivity index (χ4n) is 1.43. The molecule has 100 valence electrons. The summed E-state index contributed by atoms with van der Waals surface area (Å²) in [5, 5.41) is 0. The summed E-state index contributed by atoms with van der Waals surface area (Å²) in [4.78, 5) is 11.8. The van der Waals surface area contributed by atoms with Crippen LogP contribution in [0.5, 0.6) is 0 Å². The molecule has 0 saturated carbocycles. The second-order valence-electron chi connectivity index (χ2n) is 4.12. The van der Waals surface area contributed by atoms with E-state index in [0.29, 0.717) is 13.1 Å². The lowest BCUT2D eigenvalue weighted by molar-refractivity contribution is -0.129. The molecular formula is C16H19NO2. The maximum Gasteiger partial charge on any atom is 0.293 e. The van der Waals surface area contributed by atoms with Gasteiger partial charge in [0.25, 0.3) is 6.47 Å². The van der Waals surface area contributed by atoms with E-state index in [1.165, 1.54) is 5.69 Å². The van der Waals surface area contributed by atoms with Crippen molar-refractivity contribution in [3.8, 4) is 0 Å². The van der Waals surface area contributed by atoms with Gasteiger partial charge in [0.05, 0.1) is 0 Å². The number of rotatable bonds is 4. The molecule has 0 bridgehead atoms. The number of para-hydroxylation sites is 1. The summed E-state index contributed by atoms with van der Waals surface area (Å²) in [7, 11) is 4.07. The summed E-state index contributed by atoms with van der Waals surface area (Å²) >= 11 is 0. The highest BCUT2D eigenvalue weighted by Gasteiger charge is 1.88. The van der Waals surface area contributed by atoms with Crippen LogP contribution in [0.15, 0.2) is 60.7 Å². The molecule has 0 unspecified atom stereocenters. The first-order chi connectivity index (χ1) is 9.24. The third kappa shape index (κ3) is 6.27. The molecule has 3 nitrogen and oxygen atoms in total. The van der Waals surface area contributed by atoms with Crippen LogP contribution in [0.25, 0.3) is 0 Å². The van der Waals surface area contributed by atoms with E-state index in [4.69, 9.17) is 0 Å². The number of ether oxygens (including phenoxy) is 1. The molecular weight excluding hydrogens is 238 g/mol. The van der Waals surface area contributed by atoms with E-state index in [1.54, 1.807) is 0 Å². The first kappa shape index (κ1) is 14.8. The lowest BCUT2D eigenvalue weighted by Crippen LogP contribution is -2.07. The zero-order valence-corrected chi connectivity index (χ0v) is 11.3. The number of carbonyl (C=O) groups excluding carboxylic acids is 1. The SMILES string of the molecule is CN(C)c1ccccc1.O=COCc1ccccc1. The first-order valence-electron chi connectivity index (χ1n) is 6.05. The third-order valence-corrected chi connectivity index (χ3v) is 2.43. The molecule has 2 aromatic rings. The second-order valence-corrected chi connectivity index (χ2v) is 4.12. The van der Waals surface area contributed by atoms with Crippen LogP contribution in [0.1, 0.15) is 5.56 Å². The molecule has 3 heteroatoms. The summed E-state index contributed by atoms with van der Waals surface area (Å²) < 4.78 is 4.54. The highest BCUT2D eigenvalue weighted by Crippen LogP contribution is 2.07. The summed E-state index contributed by atoms with van der Waals surface area (Å²) in [6.45, 7) is 0.817. The Hall–Kier alpha value is -2.29. The van der Waals surface area contributed by atoms with Crippen molar-refractivity contribution in [2.75, 3.05) is 19.0 Å². The molecule has 0 aliphatic carbocycles. The molecule has 0 aliphatic heterocycles. The van der Waals surface area contributed by atoms with Gasteiger partial charge in [-0.1, -0.05) is 48.5 Å². The average molecular weight is 257 g/mol. The lowest BCUT2D eigenvalue weighted by Gasteiger charge is -2.10. The minimum atomic E-state index is 0.365. The van der Waals surface area contributed by atoms with Crippen LogP contribution < -0.4 is 4.90 Å². The van der Waals surface area contributed by atoms with Gasteiger partial charge in [-0.15, -0.1) is 0 Å². The van der Waals surface area contributed by atoms with Gasteiger partial charge in [0.2, 0.25) is 0 Å². The van der Waals surface area contributed by atoms with Gasteiger partial charge in [0.15, 0.2) is 0 Å². The Labute approximate surface area is 114 Å². The molecule has 19 heavy (non-hydrogen) atoms. The molecule has 0 heterocycles.